The average Bonchev–Trinajstić information content (AvgIpc) is 2.37. The van der Waals surface area contributed by atoms with Gasteiger partial charge in [0.2, 0.25) is 0 Å². The summed E-state index contributed by atoms with van der Waals surface area (Å²) in [6.45, 7) is 0. The fourth-order valence-corrected chi connectivity index (χ4v) is 2.09. The minimum atomic E-state index is -0.408. The summed E-state index contributed by atoms with van der Waals surface area (Å²) in [5.74, 6) is 5.85. The second-order valence-corrected chi connectivity index (χ2v) is 3.91. The molecule has 3 aromatic rings. The van der Waals surface area contributed by atoms with Gasteiger partial charge in [-0.3, -0.25) is 10.1 Å². The molecule has 0 radical (unpaired) electrons. The van der Waals surface area contributed by atoms with Crippen LogP contribution in [-0.4, -0.2) is 9.91 Å². The highest BCUT2D eigenvalue weighted by Crippen LogP contribution is 2.29. The standard InChI is InChI=1S/C12H9N4O2/c13-15-6-2-4-9-10(16(17)18)7-8-3-1-5-14-11(8)12(9)15/h1-7H,13H2/q+1. The lowest BCUT2D eigenvalue weighted by atomic mass is 10.1. The molecule has 2 heterocycles. The first-order chi connectivity index (χ1) is 8.68. The average molecular weight is 241 g/mol. The predicted molar refractivity (Wildman–Crippen MR) is 66.2 cm³/mol. The molecule has 0 saturated carbocycles. The van der Waals surface area contributed by atoms with Gasteiger partial charge in [-0.25, -0.2) is 10.8 Å². The number of benzene rings is 1. The van der Waals surface area contributed by atoms with Crippen LogP contribution in [0.1, 0.15) is 0 Å². The molecule has 0 bridgehead atoms. The second-order valence-electron chi connectivity index (χ2n) is 3.91. The van der Waals surface area contributed by atoms with Crippen molar-refractivity contribution >= 4 is 27.5 Å². The molecule has 1 aromatic carbocycles. The Bertz CT molecular complexity index is 785. The van der Waals surface area contributed by atoms with Crippen LogP contribution < -0.4 is 10.5 Å². The van der Waals surface area contributed by atoms with Crippen LogP contribution in [-0.2, 0) is 0 Å². The normalized spacial score (nSPS) is 10.9. The van der Waals surface area contributed by atoms with E-state index in [-0.39, 0.29) is 5.69 Å². The third-order valence-corrected chi connectivity index (χ3v) is 2.85. The number of rotatable bonds is 1. The quantitative estimate of drug-likeness (QED) is 0.229. The topological polar surface area (TPSA) is 85.9 Å². The van der Waals surface area contributed by atoms with Gasteiger partial charge in [-0.2, -0.15) is 0 Å². The van der Waals surface area contributed by atoms with E-state index in [1.54, 1.807) is 36.7 Å². The van der Waals surface area contributed by atoms with Crippen molar-refractivity contribution in [3.8, 4) is 0 Å². The Morgan fingerprint density at radius 3 is 2.94 bits per heavy atom. The number of aromatic nitrogens is 2. The number of nitro groups is 1. The monoisotopic (exact) mass is 241 g/mol. The molecule has 0 unspecified atom stereocenters. The van der Waals surface area contributed by atoms with Crippen LogP contribution in [0.5, 0.6) is 0 Å². The Hall–Kier alpha value is -2.76. The maximum Gasteiger partial charge on any atom is 0.284 e. The highest BCUT2D eigenvalue weighted by molar-refractivity contribution is 6.05. The third kappa shape index (κ3) is 1.36. The van der Waals surface area contributed by atoms with Crippen molar-refractivity contribution < 1.29 is 9.60 Å². The zero-order valence-electron chi connectivity index (χ0n) is 9.28. The van der Waals surface area contributed by atoms with E-state index in [4.69, 9.17) is 5.84 Å². The van der Waals surface area contributed by atoms with Gasteiger partial charge in [-0.05, 0) is 12.1 Å². The van der Waals surface area contributed by atoms with Crippen molar-refractivity contribution in [2.45, 2.75) is 0 Å². The first-order valence-corrected chi connectivity index (χ1v) is 5.30. The van der Waals surface area contributed by atoms with E-state index < -0.39 is 4.92 Å². The van der Waals surface area contributed by atoms with Gasteiger partial charge in [0, 0.05) is 23.7 Å². The van der Waals surface area contributed by atoms with E-state index in [0.29, 0.717) is 21.8 Å². The molecule has 0 aliphatic carbocycles. The Balaban J connectivity index is 2.64. The number of nitrogens with zero attached hydrogens (tertiary/aromatic N) is 3. The molecule has 0 saturated heterocycles. The Kier molecular flexibility index (Phi) is 2.09. The van der Waals surface area contributed by atoms with Gasteiger partial charge < -0.3 is 0 Å². The summed E-state index contributed by atoms with van der Waals surface area (Å²) in [6.07, 6.45) is 3.28. The van der Waals surface area contributed by atoms with E-state index >= 15 is 0 Å². The van der Waals surface area contributed by atoms with Crippen molar-refractivity contribution in [3.05, 3.63) is 52.8 Å². The number of fused-ring (bicyclic) bond motifs is 3. The molecule has 0 aliphatic heterocycles. The van der Waals surface area contributed by atoms with Gasteiger partial charge in [0.05, 0.1) is 4.92 Å². The SMILES string of the molecule is N[n+]1cccc2c([N+](=O)[O-])cc3cccnc3c21. The van der Waals surface area contributed by atoms with E-state index in [1.807, 2.05) is 0 Å². The van der Waals surface area contributed by atoms with Crippen LogP contribution in [0.2, 0.25) is 0 Å². The Labute approximate surface area is 101 Å². The van der Waals surface area contributed by atoms with Crippen molar-refractivity contribution in [1.29, 1.82) is 0 Å². The molecule has 0 aliphatic rings. The molecule has 2 N–H and O–H groups in total. The van der Waals surface area contributed by atoms with Crippen LogP contribution in [0, 0.1) is 10.1 Å². The van der Waals surface area contributed by atoms with Gasteiger partial charge in [-0.15, -0.1) is 0 Å². The predicted octanol–water partition coefficient (Wildman–Crippen LogP) is 1.30. The lowest BCUT2D eigenvalue weighted by Gasteiger charge is -2.01. The zero-order chi connectivity index (χ0) is 12.7. The lowest BCUT2D eigenvalue weighted by molar-refractivity contribution is -0.610. The molecule has 6 nitrogen and oxygen atoms in total. The molecule has 3 rings (SSSR count). The van der Waals surface area contributed by atoms with Crippen LogP contribution in [0.3, 0.4) is 0 Å². The number of nitrogens with two attached hydrogens (primary N) is 1. The summed E-state index contributed by atoms with van der Waals surface area (Å²) in [5, 5.41) is 12.3. The minimum absolute atomic E-state index is 0.0327. The highest BCUT2D eigenvalue weighted by atomic mass is 16.6. The summed E-state index contributed by atoms with van der Waals surface area (Å²) in [4.78, 5) is 14.9. The smallest absolute Gasteiger partial charge is 0.258 e. The first-order valence-electron chi connectivity index (χ1n) is 5.30. The van der Waals surface area contributed by atoms with E-state index in [9.17, 15) is 10.1 Å². The van der Waals surface area contributed by atoms with Crippen LogP contribution in [0.4, 0.5) is 5.69 Å². The highest BCUT2D eigenvalue weighted by Gasteiger charge is 2.21. The summed E-state index contributed by atoms with van der Waals surface area (Å²) in [6, 6.07) is 8.38. The number of hydrogen-bond donors (Lipinski definition) is 1. The van der Waals surface area contributed by atoms with Crippen LogP contribution >= 0.6 is 0 Å². The number of non-ortho nitro benzene ring substituents is 1. The van der Waals surface area contributed by atoms with Gasteiger partial charge in [0.15, 0.2) is 6.20 Å². The summed E-state index contributed by atoms with van der Waals surface area (Å²) < 4.78 is 1.36. The van der Waals surface area contributed by atoms with E-state index in [0.717, 1.165) is 0 Å². The fraction of sp³-hybridized carbons (Fsp3) is 0. The molecule has 6 heteroatoms. The van der Waals surface area contributed by atoms with Crippen molar-refractivity contribution in [1.82, 2.24) is 4.98 Å². The Morgan fingerprint density at radius 1 is 1.33 bits per heavy atom. The van der Waals surface area contributed by atoms with Crippen LogP contribution in [0.25, 0.3) is 21.8 Å². The molecule has 0 amide bonds. The Morgan fingerprint density at radius 2 is 2.17 bits per heavy atom. The van der Waals surface area contributed by atoms with Crippen molar-refractivity contribution in [2.75, 3.05) is 5.84 Å². The van der Waals surface area contributed by atoms with Crippen molar-refractivity contribution in [3.63, 3.8) is 0 Å². The molecule has 0 atom stereocenters. The largest absolute Gasteiger partial charge is 0.284 e. The first kappa shape index (κ1) is 10.4. The van der Waals surface area contributed by atoms with Crippen LogP contribution in [0.15, 0.2) is 42.7 Å². The molecule has 0 fully saturated rings. The van der Waals surface area contributed by atoms with E-state index in [1.165, 1.54) is 10.7 Å². The maximum atomic E-state index is 11.1. The lowest BCUT2D eigenvalue weighted by Crippen LogP contribution is -2.44. The number of nitro benzene ring substituents is 1. The molecule has 2 aromatic heterocycles. The van der Waals surface area contributed by atoms with Gasteiger partial charge in [-0.1, -0.05) is 10.7 Å². The molecular weight excluding hydrogens is 232 g/mol. The maximum absolute atomic E-state index is 11.1. The minimum Gasteiger partial charge on any atom is -0.258 e. The fourth-order valence-electron chi connectivity index (χ4n) is 2.09. The molecule has 18 heavy (non-hydrogen) atoms. The zero-order valence-corrected chi connectivity index (χ0v) is 9.28. The summed E-state index contributed by atoms with van der Waals surface area (Å²) in [5.41, 5.74) is 1.24. The van der Waals surface area contributed by atoms with E-state index in [2.05, 4.69) is 4.98 Å². The van der Waals surface area contributed by atoms with Gasteiger partial charge in [0.25, 0.3) is 11.2 Å². The number of nitrogen functional groups attached to an aromatic ring is 1. The molecule has 0 spiro atoms. The van der Waals surface area contributed by atoms with Crippen molar-refractivity contribution in [2.24, 2.45) is 0 Å². The number of pyridine rings is 2. The van der Waals surface area contributed by atoms with Gasteiger partial charge in [0.1, 0.15) is 10.9 Å². The summed E-state index contributed by atoms with van der Waals surface area (Å²) in [7, 11) is 0. The second kappa shape index (κ2) is 3.63. The molecular formula is C12H9N4O2+. The number of hydrogen-bond acceptors (Lipinski definition) is 4. The third-order valence-electron chi connectivity index (χ3n) is 2.85. The molecule has 88 valence electrons. The summed E-state index contributed by atoms with van der Waals surface area (Å²) >= 11 is 0. The van der Waals surface area contributed by atoms with Gasteiger partial charge >= 0.3 is 0 Å².